The van der Waals surface area contributed by atoms with Gasteiger partial charge in [-0.15, -0.1) is 13.2 Å². The Hall–Kier alpha value is -3.30. The predicted octanol–water partition coefficient (Wildman–Crippen LogP) is 3.34. The van der Waals surface area contributed by atoms with E-state index in [2.05, 4.69) is 20.0 Å². The summed E-state index contributed by atoms with van der Waals surface area (Å²) in [4.78, 5) is 3.54. The lowest BCUT2D eigenvalue weighted by molar-refractivity contribution is -0.274. The van der Waals surface area contributed by atoms with E-state index in [1.165, 1.54) is 12.1 Å². The van der Waals surface area contributed by atoms with Crippen LogP contribution in [0.15, 0.2) is 42.9 Å². The highest BCUT2D eigenvalue weighted by atomic mass is 19.4. The zero-order chi connectivity index (χ0) is 19.9. The molecule has 0 saturated carbocycles. The number of aryl methyl sites for hydroxylation is 2. The van der Waals surface area contributed by atoms with Gasteiger partial charge >= 0.3 is 6.36 Å². The molecule has 0 saturated heterocycles. The van der Waals surface area contributed by atoms with Crippen LogP contribution in [0.5, 0.6) is 5.75 Å². The van der Waals surface area contributed by atoms with Crippen LogP contribution in [-0.2, 0) is 20.1 Å². The fourth-order valence-corrected chi connectivity index (χ4v) is 3.04. The van der Waals surface area contributed by atoms with Crippen LogP contribution in [0, 0.1) is 0 Å². The first-order chi connectivity index (χ1) is 13.3. The molecule has 7 nitrogen and oxygen atoms in total. The van der Waals surface area contributed by atoms with Crippen molar-refractivity contribution in [1.82, 2.24) is 24.8 Å². The third-order valence-electron chi connectivity index (χ3n) is 4.29. The summed E-state index contributed by atoms with van der Waals surface area (Å²) < 4.78 is 42.8. The molecule has 0 N–H and O–H groups in total. The highest BCUT2D eigenvalue weighted by Gasteiger charge is 2.31. The van der Waals surface area contributed by atoms with Crippen LogP contribution in [0.2, 0.25) is 0 Å². The Labute approximate surface area is 158 Å². The molecule has 1 aromatic carbocycles. The van der Waals surface area contributed by atoms with Crippen LogP contribution in [0.3, 0.4) is 0 Å². The number of anilines is 1. The molecule has 146 valence electrons. The number of halogens is 3. The van der Waals surface area contributed by atoms with E-state index in [1.54, 1.807) is 27.8 Å². The molecule has 0 atom stereocenters. The van der Waals surface area contributed by atoms with Crippen LogP contribution < -0.4 is 9.64 Å². The summed E-state index contributed by atoms with van der Waals surface area (Å²) in [5.41, 5.74) is 4.02. The molecular formula is C18H17F3N6O. The van der Waals surface area contributed by atoms with Gasteiger partial charge in [0.15, 0.2) is 0 Å². The Kier molecular flexibility index (Phi) is 4.33. The van der Waals surface area contributed by atoms with Crippen molar-refractivity contribution >= 4 is 11.3 Å². The van der Waals surface area contributed by atoms with E-state index in [1.807, 2.05) is 31.3 Å². The largest absolute Gasteiger partial charge is 0.573 e. The van der Waals surface area contributed by atoms with Crippen molar-refractivity contribution < 1.29 is 17.9 Å². The lowest BCUT2D eigenvalue weighted by atomic mass is 10.0. The van der Waals surface area contributed by atoms with Gasteiger partial charge in [-0.2, -0.15) is 20.1 Å². The molecular weight excluding hydrogens is 373 g/mol. The molecule has 0 spiro atoms. The summed E-state index contributed by atoms with van der Waals surface area (Å²) >= 11 is 0. The van der Waals surface area contributed by atoms with Crippen LogP contribution >= 0.6 is 0 Å². The fourth-order valence-electron chi connectivity index (χ4n) is 3.04. The number of alkyl halides is 3. The summed E-state index contributed by atoms with van der Waals surface area (Å²) in [5.74, 6) is -0.262. The first-order valence-corrected chi connectivity index (χ1v) is 8.60. The average molecular weight is 390 g/mol. The van der Waals surface area contributed by atoms with Crippen LogP contribution in [0.4, 0.5) is 18.9 Å². The molecule has 0 radical (unpaired) electrons. The molecule has 2 aromatic heterocycles. The Morgan fingerprint density at radius 2 is 1.89 bits per heavy atom. The molecule has 0 amide bonds. The number of fused-ring (bicyclic) bond motifs is 1. The monoisotopic (exact) mass is 390 g/mol. The summed E-state index contributed by atoms with van der Waals surface area (Å²) in [6.07, 6.45) is 0.815. The van der Waals surface area contributed by atoms with Crippen molar-refractivity contribution in [2.45, 2.75) is 26.4 Å². The van der Waals surface area contributed by atoms with E-state index in [4.69, 9.17) is 0 Å². The van der Waals surface area contributed by atoms with E-state index in [-0.39, 0.29) is 5.75 Å². The normalized spacial score (nSPS) is 14.0. The highest BCUT2D eigenvalue weighted by molar-refractivity contribution is 5.82. The minimum absolute atomic E-state index is 0.262. The zero-order valence-corrected chi connectivity index (χ0v) is 15.2. The number of hydrogen-bond acceptors (Lipinski definition) is 5. The fraction of sp³-hybridized carbons (Fsp3) is 0.278. The lowest BCUT2D eigenvalue weighted by Crippen LogP contribution is -2.22. The zero-order valence-electron chi connectivity index (χ0n) is 15.2. The Morgan fingerprint density at radius 3 is 2.50 bits per heavy atom. The third kappa shape index (κ3) is 3.57. The number of rotatable bonds is 4. The Bertz CT molecular complexity index is 1020. The van der Waals surface area contributed by atoms with Gasteiger partial charge in [0.25, 0.3) is 0 Å². The SMILES string of the molecule is CCn1nc2c(n1)C(c1cnn(C)c1)=CN(c1ccc(OC(F)(F)F)cc1)C2. The quantitative estimate of drug-likeness (QED) is 0.684. The van der Waals surface area contributed by atoms with Gasteiger partial charge in [-0.1, -0.05) is 0 Å². The lowest BCUT2D eigenvalue weighted by Gasteiger charge is -2.25. The maximum Gasteiger partial charge on any atom is 0.573 e. The van der Waals surface area contributed by atoms with Gasteiger partial charge in [0.2, 0.25) is 0 Å². The Balaban J connectivity index is 1.70. The number of aromatic nitrogens is 5. The van der Waals surface area contributed by atoms with Gasteiger partial charge in [0, 0.05) is 36.3 Å². The minimum Gasteiger partial charge on any atom is -0.406 e. The molecule has 1 aliphatic rings. The van der Waals surface area contributed by atoms with E-state index in [9.17, 15) is 13.2 Å². The second kappa shape index (κ2) is 6.70. The van der Waals surface area contributed by atoms with Crippen molar-refractivity contribution in [3.63, 3.8) is 0 Å². The first kappa shape index (κ1) is 18.1. The van der Waals surface area contributed by atoms with Gasteiger partial charge in [0.1, 0.15) is 17.1 Å². The molecule has 3 heterocycles. The first-order valence-electron chi connectivity index (χ1n) is 8.60. The summed E-state index contributed by atoms with van der Waals surface area (Å²) in [6.45, 7) is 3.05. The van der Waals surface area contributed by atoms with Gasteiger partial charge < -0.3 is 9.64 Å². The topological polar surface area (TPSA) is 61.0 Å². The van der Waals surface area contributed by atoms with Crippen LogP contribution in [0.1, 0.15) is 23.9 Å². The van der Waals surface area contributed by atoms with Crippen molar-refractivity contribution in [3.8, 4) is 5.75 Å². The van der Waals surface area contributed by atoms with E-state index in [0.29, 0.717) is 18.8 Å². The summed E-state index contributed by atoms with van der Waals surface area (Å²) in [5, 5.41) is 13.3. The smallest absolute Gasteiger partial charge is 0.406 e. The van der Waals surface area contributed by atoms with Gasteiger partial charge in [0.05, 0.1) is 19.3 Å². The van der Waals surface area contributed by atoms with Crippen molar-refractivity contribution in [2.24, 2.45) is 7.05 Å². The number of ether oxygens (including phenoxy) is 1. The third-order valence-corrected chi connectivity index (χ3v) is 4.29. The minimum atomic E-state index is -4.71. The number of hydrogen-bond donors (Lipinski definition) is 0. The molecule has 0 aliphatic carbocycles. The predicted molar refractivity (Wildman–Crippen MR) is 95.3 cm³/mol. The maximum absolute atomic E-state index is 12.4. The molecule has 0 bridgehead atoms. The van der Waals surface area contributed by atoms with Crippen LogP contribution in [0.25, 0.3) is 5.57 Å². The second-order valence-electron chi connectivity index (χ2n) is 6.30. The van der Waals surface area contributed by atoms with E-state index in [0.717, 1.165) is 22.5 Å². The van der Waals surface area contributed by atoms with Gasteiger partial charge in [-0.05, 0) is 31.2 Å². The second-order valence-corrected chi connectivity index (χ2v) is 6.30. The van der Waals surface area contributed by atoms with Crippen molar-refractivity contribution in [2.75, 3.05) is 4.90 Å². The molecule has 1 aliphatic heterocycles. The molecule has 0 fully saturated rings. The number of nitrogens with zero attached hydrogens (tertiary/aromatic N) is 6. The Morgan fingerprint density at radius 1 is 1.14 bits per heavy atom. The average Bonchev–Trinajstić information content (AvgIpc) is 3.26. The molecule has 4 rings (SSSR count). The standard InChI is InChI=1S/C18H17F3N6O/c1-3-27-23-16-11-26(13-4-6-14(7-5-13)28-18(19,20)21)10-15(17(16)24-27)12-8-22-25(2)9-12/h4-10H,3,11H2,1-2H3. The highest BCUT2D eigenvalue weighted by Crippen LogP contribution is 2.33. The van der Waals surface area contributed by atoms with E-state index < -0.39 is 6.36 Å². The molecule has 10 heteroatoms. The van der Waals surface area contributed by atoms with Crippen molar-refractivity contribution in [3.05, 3.63) is 59.8 Å². The van der Waals surface area contributed by atoms with Gasteiger partial charge in [-0.25, -0.2) is 0 Å². The molecule has 3 aromatic rings. The molecule has 0 unspecified atom stereocenters. The van der Waals surface area contributed by atoms with Gasteiger partial charge in [-0.3, -0.25) is 4.68 Å². The maximum atomic E-state index is 12.4. The van der Waals surface area contributed by atoms with E-state index >= 15 is 0 Å². The van der Waals surface area contributed by atoms with Crippen molar-refractivity contribution in [1.29, 1.82) is 0 Å². The molecule has 28 heavy (non-hydrogen) atoms. The summed E-state index contributed by atoms with van der Waals surface area (Å²) in [6, 6.07) is 5.74. The summed E-state index contributed by atoms with van der Waals surface area (Å²) in [7, 11) is 1.83. The van der Waals surface area contributed by atoms with Crippen LogP contribution in [-0.4, -0.2) is 31.1 Å². The number of benzene rings is 1.